The molecule has 0 saturated heterocycles. The maximum Gasteiger partial charge on any atom is 0.265 e. The van der Waals surface area contributed by atoms with Crippen LogP contribution in [0.15, 0.2) is 48.5 Å². The van der Waals surface area contributed by atoms with Crippen LogP contribution in [0, 0.1) is 12.7 Å². The first kappa shape index (κ1) is 18.4. The van der Waals surface area contributed by atoms with Gasteiger partial charge in [0, 0.05) is 12.6 Å². The highest BCUT2D eigenvalue weighted by molar-refractivity contribution is 7.17. The Hall–Kier alpha value is -2.93. The van der Waals surface area contributed by atoms with Gasteiger partial charge < -0.3 is 14.4 Å². The molecule has 4 rings (SSSR count). The smallest absolute Gasteiger partial charge is 0.265 e. The lowest BCUT2D eigenvalue weighted by Gasteiger charge is -2.29. The van der Waals surface area contributed by atoms with Gasteiger partial charge in [0.25, 0.3) is 5.91 Å². The summed E-state index contributed by atoms with van der Waals surface area (Å²) in [4.78, 5) is 19.6. The quantitative estimate of drug-likeness (QED) is 0.662. The van der Waals surface area contributed by atoms with E-state index in [9.17, 15) is 9.18 Å². The predicted octanol–water partition coefficient (Wildman–Crippen LogP) is 4.17. The third-order valence-electron chi connectivity index (χ3n) is 4.47. The van der Waals surface area contributed by atoms with Gasteiger partial charge in [-0.25, -0.2) is 9.37 Å². The molecule has 1 aliphatic heterocycles. The first-order chi connectivity index (χ1) is 13.5. The lowest BCUT2D eigenvalue weighted by Crippen LogP contribution is -2.41. The SMILES string of the molecule is Cc1nc(-c2ccc(F)cc2)sc1C(=O)N(C)C[C@H]1COc2ccccc2O1. The summed E-state index contributed by atoms with van der Waals surface area (Å²) in [7, 11) is 1.74. The van der Waals surface area contributed by atoms with Crippen LogP contribution in [-0.4, -0.2) is 42.1 Å². The summed E-state index contributed by atoms with van der Waals surface area (Å²) < 4.78 is 24.8. The highest BCUT2D eigenvalue weighted by atomic mass is 32.1. The summed E-state index contributed by atoms with van der Waals surface area (Å²) in [6.45, 7) is 2.59. The summed E-state index contributed by atoms with van der Waals surface area (Å²) >= 11 is 1.31. The van der Waals surface area contributed by atoms with Crippen molar-refractivity contribution in [3.05, 3.63) is 64.9 Å². The second-order valence-corrected chi connectivity index (χ2v) is 7.62. The first-order valence-electron chi connectivity index (χ1n) is 8.88. The highest BCUT2D eigenvalue weighted by Crippen LogP contribution is 2.32. The van der Waals surface area contributed by atoms with Gasteiger partial charge in [0.1, 0.15) is 22.3 Å². The number of hydrogen-bond acceptors (Lipinski definition) is 5. The van der Waals surface area contributed by atoms with E-state index in [1.807, 2.05) is 24.3 Å². The van der Waals surface area contributed by atoms with Gasteiger partial charge in [-0.15, -0.1) is 11.3 Å². The van der Waals surface area contributed by atoms with E-state index < -0.39 is 0 Å². The molecule has 1 aliphatic rings. The largest absolute Gasteiger partial charge is 0.486 e. The third kappa shape index (κ3) is 3.71. The second kappa shape index (κ2) is 7.59. The van der Waals surface area contributed by atoms with E-state index in [0.717, 1.165) is 11.3 Å². The number of rotatable bonds is 4. The Kier molecular flexibility index (Phi) is 5.00. The van der Waals surface area contributed by atoms with Crippen molar-refractivity contribution in [3.8, 4) is 22.1 Å². The zero-order valence-electron chi connectivity index (χ0n) is 15.5. The molecular formula is C21H19FN2O3S. The molecule has 2 heterocycles. The fourth-order valence-corrected chi connectivity index (χ4v) is 4.09. The Balaban J connectivity index is 1.46. The van der Waals surface area contributed by atoms with Gasteiger partial charge >= 0.3 is 0 Å². The summed E-state index contributed by atoms with van der Waals surface area (Å²) in [5.74, 6) is 0.984. The molecule has 0 N–H and O–H groups in total. The monoisotopic (exact) mass is 398 g/mol. The molecule has 0 bridgehead atoms. The van der Waals surface area contributed by atoms with Crippen LogP contribution < -0.4 is 9.47 Å². The average Bonchev–Trinajstić information content (AvgIpc) is 3.09. The number of thiazole rings is 1. The molecule has 0 spiro atoms. The number of aromatic nitrogens is 1. The number of hydrogen-bond donors (Lipinski definition) is 0. The molecule has 0 fully saturated rings. The zero-order chi connectivity index (χ0) is 19.7. The van der Waals surface area contributed by atoms with Gasteiger partial charge in [0.2, 0.25) is 0 Å². The average molecular weight is 398 g/mol. The Bertz CT molecular complexity index is 1000. The van der Waals surface area contributed by atoms with Gasteiger partial charge in [-0.1, -0.05) is 12.1 Å². The molecule has 7 heteroatoms. The topological polar surface area (TPSA) is 51.7 Å². The van der Waals surface area contributed by atoms with Crippen molar-refractivity contribution in [1.82, 2.24) is 9.88 Å². The molecule has 0 saturated carbocycles. The molecule has 3 aromatic rings. The summed E-state index contributed by atoms with van der Waals surface area (Å²) in [5, 5.41) is 0.695. The van der Waals surface area contributed by atoms with Crippen molar-refractivity contribution in [2.24, 2.45) is 0 Å². The Morgan fingerprint density at radius 3 is 2.68 bits per heavy atom. The van der Waals surface area contributed by atoms with E-state index >= 15 is 0 Å². The number of ether oxygens (including phenoxy) is 2. The molecule has 1 aromatic heterocycles. The number of halogens is 1. The van der Waals surface area contributed by atoms with Crippen LogP contribution in [0.25, 0.3) is 10.6 Å². The van der Waals surface area contributed by atoms with Gasteiger partial charge in [-0.3, -0.25) is 4.79 Å². The lowest BCUT2D eigenvalue weighted by atomic mass is 10.2. The van der Waals surface area contributed by atoms with Crippen molar-refractivity contribution in [3.63, 3.8) is 0 Å². The van der Waals surface area contributed by atoms with Gasteiger partial charge in [0.05, 0.1) is 12.2 Å². The maximum atomic E-state index is 13.1. The molecule has 0 radical (unpaired) electrons. The Labute approximate surface area is 166 Å². The van der Waals surface area contributed by atoms with E-state index in [1.165, 1.54) is 23.5 Å². The maximum absolute atomic E-state index is 13.1. The lowest BCUT2D eigenvalue weighted by molar-refractivity contribution is 0.0523. The van der Waals surface area contributed by atoms with Crippen LogP contribution in [0.3, 0.4) is 0 Å². The number of para-hydroxylation sites is 2. The summed E-state index contributed by atoms with van der Waals surface area (Å²) in [6, 6.07) is 13.6. The molecule has 1 amide bonds. The van der Waals surface area contributed by atoms with Gasteiger partial charge in [0.15, 0.2) is 17.6 Å². The number of nitrogens with zero attached hydrogens (tertiary/aromatic N) is 2. The van der Waals surface area contributed by atoms with Crippen LogP contribution in [0.1, 0.15) is 15.4 Å². The highest BCUT2D eigenvalue weighted by Gasteiger charge is 2.26. The van der Waals surface area contributed by atoms with Crippen LogP contribution in [0.2, 0.25) is 0 Å². The van der Waals surface area contributed by atoms with E-state index in [2.05, 4.69) is 4.98 Å². The molecule has 5 nitrogen and oxygen atoms in total. The number of carbonyl (C=O) groups excluding carboxylic acids is 1. The number of carbonyl (C=O) groups is 1. The summed E-state index contributed by atoms with van der Waals surface area (Å²) in [5.41, 5.74) is 1.45. The fraction of sp³-hybridized carbons (Fsp3) is 0.238. The minimum absolute atomic E-state index is 0.120. The van der Waals surface area contributed by atoms with Crippen molar-refractivity contribution in [2.75, 3.05) is 20.2 Å². The van der Waals surface area contributed by atoms with Crippen molar-refractivity contribution < 1.29 is 18.7 Å². The normalized spacial score (nSPS) is 15.3. The van der Waals surface area contributed by atoms with Gasteiger partial charge in [-0.2, -0.15) is 0 Å². The van der Waals surface area contributed by atoms with Crippen molar-refractivity contribution in [2.45, 2.75) is 13.0 Å². The number of fused-ring (bicyclic) bond motifs is 1. The van der Waals surface area contributed by atoms with Crippen molar-refractivity contribution in [1.29, 1.82) is 0 Å². The Morgan fingerprint density at radius 2 is 1.93 bits per heavy atom. The fourth-order valence-electron chi connectivity index (χ4n) is 3.03. The molecule has 1 atom stereocenters. The van der Waals surface area contributed by atoms with Crippen molar-refractivity contribution >= 4 is 17.2 Å². The molecular weight excluding hydrogens is 379 g/mol. The summed E-state index contributed by atoms with van der Waals surface area (Å²) in [6.07, 6.45) is -0.242. The number of benzene rings is 2. The zero-order valence-corrected chi connectivity index (χ0v) is 16.3. The van der Waals surface area contributed by atoms with Crippen LogP contribution in [0.4, 0.5) is 4.39 Å². The van der Waals surface area contributed by atoms with Crippen LogP contribution in [0.5, 0.6) is 11.5 Å². The van der Waals surface area contributed by atoms with E-state index in [0.29, 0.717) is 34.5 Å². The minimum Gasteiger partial charge on any atom is -0.486 e. The van der Waals surface area contributed by atoms with E-state index in [1.54, 1.807) is 31.0 Å². The molecule has 28 heavy (non-hydrogen) atoms. The molecule has 144 valence electrons. The van der Waals surface area contributed by atoms with E-state index in [-0.39, 0.29) is 17.8 Å². The predicted molar refractivity (Wildman–Crippen MR) is 106 cm³/mol. The second-order valence-electron chi connectivity index (χ2n) is 6.62. The number of amides is 1. The molecule has 0 aliphatic carbocycles. The molecule has 0 unspecified atom stereocenters. The van der Waals surface area contributed by atoms with Crippen LogP contribution in [-0.2, 0) is 0 Å². The number of aryl methyl sites for hydroxylation is 1. The molecule has 2 aromatic carbocycles. The van der Waals surface area contributed by atoms with Gasteiger partial charge in [-0.05, 0) is 43.3 Å². The first-order valence-corrected chi connectivity index (χ1v) is 9.70. The minimum atomic E-state index is -0.302. The number of likely N-dealkylation sites (N-methyl/N-ethyl adjacent to an activating group) is 1. The third-order valence-corrected chi connectivity index (χ3v) is 5.67. The standard InChI is InChI=1S/C21H19FN2O3S/c1-13-19(28-20(23-13)14-7-9-15(22)10-8-14)21(25)24(2)11-16-12-26-17-5-3-4-6-18(17)27-16/h3-10,16H,11-12H2,1-2H3/t16-/m0/s1. The van der Waals surface area contributed by atoms with E-state index in [4.69, 9.17) is 9.47 Å². The van der Waals surface area contributed by atoms with Crippen LogP contribution >= 0.6 is 11.3 Å². The Morgan fingerprint density at radius 1 is 1.21 bits per heavy atom.